The first-order valence-corrected chi connectivity index (χ1v) is 8.58. The summed E-state index contributed by atoms with van der Waals surface area (Å²) in [5.74, 6) is 0.0554. The number of ether oxygens (including phenoxy) is 1. The minimum atomic E-state index is -0.169. The van der Waals surface area contributed by atoms with E-state index in [0.29, 0.717) is 26.2 Å². The fourth-order valence-electron chi connectivity index (χ4n) is 2.64. The minimum absolute atomic E-state index is 0.0259. The van der Waals surface area contributed by atoms with Crippen molar-refractivity contribution in [2.75, 3.05) is 19.7 Å². The molecule has 0 radical (unpaired) electrons. The van der Waals surface area contributed by atoms with Gasteiger partial charge in [-0.1, -0.05) is 6.07 Å². The fraction of sp³-hybridized carbons (Fsp3) is 0.533. The van der Waals surface area contributed by atoms with Crippen molar-refractivity contribution in [3.63, 3.8) is 0 Å². The van der Waals surface area contributed by atoms with Crippen LogP contribution in [0.5, 0.6) is 0 Å². The van der Waals surface area contributed by atoms with Crippen LogP contribution >= 0.6 is 11.3 Å². The molecule has 0 saturated carbocycles. The van der Waals surface area contributed by atoms with E-state index in [1.54, 1.807) is 22.3 Å². The molecule has 1 aliphatic rings. The Morgan fingerprint density at radius 3 is 3.26 bits per heavy atom. The molecule has 8 heteroatoms. The summed E-state index contributed by atoms with van der Waals surface area (Å²) in [4.78, 5) is 19.6. The Kier molecular flexibility index (Phi) is 5.37. The van der Waals surface area contributed by atoms with Crippen molar-refractivity contribution < 1.29 is 9.53 Å². The molecule has 3 heterocycles. The average Bonchev–Trinajstić information content (AvgIpc) is 3.25. The Balaban J connectivity index is 1.49. The number of carbonyl (C=O) groups excluding carboxylic acids is 1. The minimum Gasteiger partial charge on any atom is -0.374 e. The maximum absolute atomic E-state index is 12.3. The Labute approximate surface area is 139 Å². The molecular weight excluding hydrogens is 314 g/mol. The SMILES string of the molecule is C[C@@H](C(=O)NCc1cccs1)N1CCO[C@H](Cn2cncn2)C1. The number of nitrogens with zero attached hydrogens (tertiary/aromatic N) is 4. The maximum atomic E-state index is 12.3. The molecule has 124 valence electrons. The van der Waals surface area contributed by atoms with Gasteiger partial charge in [0.1, 0.15) is 12.7 Å². The highest BCUT2D eigenvalue weighted by Crippen LogP contribution is 2.12. The lowest BCUT2D eigenvalue weighted by Crippen LogP contribution is -2.52. The fourth-order valence-corrected chi connectivity index (χ4v) is 3.29. The highest BCUT2D eigenvalue weighted by molar-refractivity contribution is 7.09. The molecule has 23 heavy (non-hydrogen) atoms. The summed E-state index contributed by atoms with van der Waals surface area (Å²) >= 11 is 1.65. The lowest BCUT2D eigenvalue weighted by atomic mass is 10.2. The number of rotatable bonds is 6. The van der Waals surface area contributed by atoms with Crippen molar-refractivity contribution >= 4 is 17.2 Å². The van der Waals surface area contributed by atoms with Crippen LogP contribution in [0.1, 0.15) is 11.8 Å². The molecule has 3 rings (SSSR count). The zero-order chi connectivity index (χ0) is 16.1. The summed E-state index contributed by atoms with van der Waals surface area (Å²) in [5.41, 5.74) is 0. The Morgan fingerprint density at radius 1 is 1.61 bits per heavy atom. The number of thiophene rings is 1. The van der Waals surface area contributed by atoms with Gasteiger partial charge in [-0.25, -0.2) is 4.98 Å². The van der Waals surface area contributed by atoms with Gasteiger partial charge in [-0.2, -0.15) is 5.10 Å². The van der Waals surface area contributed by atoms with Crippen molar-refractivity contribution in [3.05, 3.63) is 35.0 Å². The van der Waals surface area contributed by atoms with Gasteiger partial charge in [-0.3, -0.25) is 14.4 Å². The molecule has 1 N–H and O–H groups in total. The lowest BCUT2D eigenvalue weighted by Gasteiger charge is -2.36. The summed E-state index contributed by atoms with van der Waals surface area (Å²) in [6.45, 7) is 5.30. The Bertz CT molecular complexity index is 601. The third-order valence-electron chi connectivity index (χ3n) is 3.97. The van der Waals surface area contributed by atoms with Gasteiger partial charge in [0.05, 0.1) is 31.8 Å². The first kappa shape index (κ1) is 16.1. The molecule has 2 aromatic rings. The standard InChI is InChI=1S/C15H21N5O2S/c1-12(15(21)17-7-14-3-2-6-23-14)19-4-5-22-13(8-19)9-20-11-16-10-18-20/h2-3,6,10-13H,4-5,7-9H2,1H3,(H,17,21)/t12-,13-/m0/s1. The van der Waals surface area contributed by atoms with Crippen LogP contribution in [0.3, 0.4) is 0 Å². The number of morpholine rings is 1. The topological polar surface area (TPSA) is 72.3 Å². The van der Waals surface area contributed by atoms with E-state index in [1.807, 2.05) is 24.4 Å². The van der Waals surface area contributed by atoms with E-state index in [4.69, 9.17) is 4.74 Å². The molecule has 2 aromatic heterocycles. The Morgan fingerprint density at radius 2 is 2.52 bits per heavy atom. The van der Waals surface area contributed by atoms with E-state index in [0.717, 1.165) is 11.4 Å². The summed E-state index contributed by atoms with van der Waals surface area (Å²) in [5, 5.41) is 9.12. The van der Waals surface area contributed by atoms with E-state index in [1.165, 1.54) is 6.33 Å². The van der Waals surface area contributed by atoms with Crippen molar-refractivity contribution in [2.45, 2.75) is 32.2 Å². The van der Waals surface area contributed by atoms with Gasteiger partial charge in [0.15, 0.2) is 0 Å². The number of nitrogens with one attached hydrogen (secondary N) is 1. The van der Waals surface area contributed by atoms with Gasteiger partial charge in [0.2, 0.25) is 5.91 Å². The first-order valence-electron chi connectivity index (χ1n) is 7.70. The molecule has 0 aliphatic carbocycles. The predicted molar refractivity (Wildman–Crippen MR) is 87.0 cm³/mol. The van der Waals surface area contributed by atoms with Crippen LogP contribution in [0, 0.1) is 0 Å². The van der Waals surface area contributed by atoms with Gasteiger partial charge < -0.3 is 10.1 Å². The van der Waals surface area contributed by atoms with E-state index in [-0.39, 0.29) is 18.1 Å². The first-order chi connectivity index (χ1) is 11.2. The number of amides is 1. The van der Waals surface area contributed by atoms with Crippen molar-refractivity contribution in [1.29, 1.82) is 0 Å². The van der Waals surface area contributed by atoms with Crippen LogP contribution in [-0.2, 0) is 22.6 Å². The second-order valence-corrected chi connectivity index (χ2v) is 6.61. The second kappa shape index (κ2) is 7.67. The molecule has 2 atom stereocenters. The summed E-state index contributed by atoms with van der Waals surface area (Å²) in [7, 11) is 0. The van der Waals surface area contributed by atoms with Gasteiger partial charge in [0.25, 0.3) is 0 Å². The second-order valence-electron chi connectivity index (χ2n) is 5.58. The van der Waals surface area contributed by atoms with Crippen LogP contribution < -0.4 is 5.32 Å². The smallest absolute Gasteiger partial charge is 0.237 e. The van der Waals surface area contributed by atoms with Gasteiger partial charge in [-0.05, 0) is 18.4 Å². The molecule has 0 spiro atoms. The van der Waals surface area contributed by atoms with Crippen LogP contribution in [0.4, 0.5) is 0 Å². The highest BCUT2D eigenvalue weighted by atomic mass is 32.1. The van der Waals surface area contributed by atoms with E-state index in [2.05, 4.69) is 20.3 Å². The van der Waals surface area contributed by atoms with E-state index >= 15 is 0 Å². The monoisotopic (exact) mass is 335 g/mol. The molecule has 1 aliphatic heterocycles. The zero-order valence-electron chi connectivity index (χ0n) is 13.1. The van der Waals surface area contributed by atoms with Crippen LogP contribution in [0.15, 0.2) is 30.2 Å². The molecule has 0 unspecified atom stereocenters. The molecule has 0 bridgehead atoms. The highest BCUT2D eigenvalue weighted by Gasteiger charge is 2.28. The summed E-state index contributed by atoms with van der Waals surface area (Å²) in [6.07, 6.45) is 3.22. The predicted octanol–water partition coefficient (Wildman–Crippen LogP) is 0.745. The third-order valence-corrected chi connectivity index (χ3v) is 4.85. The van der Waals surface area contributed by atoms with Crippen molar-refractivity contribution in [1.82, 2.24) is 25.0 Å². The molecule has 1 amide bonds. The zero-order valence-corrected chi connectivity index (χ0v) is 13.9. The lowest BCUT2D eigenvalue weighted by molar-refractivity contribution is -0.129. The number of hydrogen-bond donors (Lipinski definition) is 1. The molecule has 1 fully saturated rings. The van der Waals surface area contributed by atoms with Gasteiger partial charge in [-0.15, -0.1) is 11.3 Å². The average molecular weight is 335 g/mol. The third kappa shape index (κ3) is 4.37. The summed E-state index contributed by atoms with van der Waals surface area (Å²) in [6, 6.07) is 3.85. The molecule has 1 saturated heterocycles. The maximum Gasteiger partial charge on any atom is 0.237 e. The quantitative estimate of drug-likeness (QED) is 0.843. The molecule has 7 nitrogen and oxygen atoms in total. The van der Waals surface area contributed by atoms with E-state index < -0.39 is 0 Å². The van der Waals surface area contributed by atoms with Crippen molar-refractivity contribution in [2.24, 2.45) is 0 Å². The van der Waals surface area contributed by atoms with E-state index in [9.17, 15) is 4.79 Å². The largest absolute Gasteiger partial charge is 0.374 e. The number of carbonyl (C=O) groups is 1. The number of hydrogen-bond acceptors (Lipinski definition) is 6. The molecular formula is C15H21N5O2S. The van der Waals surface area contributed by atoms with Gasteiger partial charge in [0, 0.05) is 18.0 Å². The van der Waals surface area contributed by atoms with Crippen LogP contribution in [0.25, 0.3) is 0 Å². The normalized spacial score (nSPS) is 20.3. The van der Waals surface area contributed by atoms with Crippen LogP contribution in [-0.4, -0.2) is 57.4 Å². The van der Waals surface area contributed by atoms with Crippen LogP contribution in [0.2, 0.25) is 0 Å². The summed E-state index contributed by atoms with van der Waals surface area (Å²) < 4.78 is 7.53. The number of aromatic nitrogens is 3. The van der Waals surface area contributed by atoms with Gasteiger partial charge >= 0.3 is 0 Å². The van der Waals surface area contributed by atoms with Crippen molar-refractivity contribution in [3.8, 4) is 0 Å². The Hall–Kier alpha value is -1.77. The molecule has 0 aromatic carbocycles.